The maximum Gasteiger partial charge on any atom is 0.325 e. The molecule has 330 valence electrons. The molecular weight excluding hydrogens is 778 g/mol. The number of phenolic OH excluding ortho intramolecular Hbond substituents is 1. The average molecular weight is 840 g/mol. The van der Waals surface area contributed by atoms with E-state index in [9.17, 15) is 43.4 Å². The van der Waals surface area contributed by atoms with Crippen LogP contribution in [0.5, 0.6) is 5.75 Å². The van der Waals surface area contributed by atoms with E-state index in [1.54, 1.807) is 57.4 Å². The summed E-state index contributed by atoms with van der Waals surface area (Å²) in [6, 6.07) is 0.646. The van der Waals surface area contributed by atoms with Crippen molar-refractivity contribution in [2.24, 2.45) is 11.8 Å². The number of amides is 3. The molecule has 0 spiro atoms. The normalized spacial score (nSPS) is 17.7. The quantitative estimate of drug-likeness (QED) is 0.0352. The number of phenols is 1. The summed E-state index contributed by atoms with van der Waals surface area (Å²) >= 11 is 0. The number of carbonyl (C=O) groups is 6. The molecule has 4 unspecified atom stereocenters. The van der Waals surface area contributed by atoms with Gasteiger partial charge in [0.2, 0.25) is 5.91 Å². The van der Waals surface area contributed by atoms with E-state index in [1.165, 1.54) is 50.4 Å². The second-order valence-electron chi connectivity index (χ2n) is 15.1. The Kier molecular flexibility index (Phi) is 22.1. The maximum absolute atomic E-state index is 14.2. The predicted molar refractivity (Wildman–Crippen MR) is 224 cm³/mol. The first kappa shape index (κ1) is 50.9. The number of carbonyl (C=O) groups excluding carboxylic acids is 6. The summed E-state index contributed by atoms with van der Waals surface area (Å²) in [4.78, 5) is 81.0. The lowest BCUT2D eigenvalue weighted by molar-refractivity contribution is -0.162. The summed E-state index contributed by atoms with van der Waals surface area (Å²) in [6.45, 7) is 8.73. The van der Waals surface area contributed by atoms with E-state index in [4.69, 9.17) is 9.57 Å². The van der Waals surface area contributed by atoms with Crippen LogP contribution in [0.2, 0.25) is 0 Å². The second-order valence-corrected chi connectivity index (χ2v) is 15.1. The number of nitrogens with zero attached hydrogens (tertiary/aromatic N) is 2. The van der Waals surface area contributed by atoms with Crippen molar-refractivity contribution in [3.63, 3.8) is 0 Å². The lowest BCUT2D eigenvalue weighted by Gasteiger charge is -2.36. The average Bonchev–Trinajstić information content (AvgIpc) is 3.20. The van der Waals surface area contributed by atoms with Gasteiger partial charge >= 0.3 is 5.97 Å². The van der Waals surface area contributed by atoms with Gasteiger partial charge in [0.05, 0.1) is 19.3 Å². The fraction of sp³-hybridized carbons (Fsp3) is 0.500. The molecular formula is C44H62FN5O10. The topological polar surface area (TPSA) is 204 Å². The molecule has 1 aromatic rings. The first-order chi connectivity index (χ1) is 28.4. The Morgan fingerprint density at radius 1 is 1.05 bits per heavy atom. The molecule has 1 aliphatic heterocycles. The highest BCUT2D eigenvalue weighted by molar-refractivity contribution is 5.90. The molecule has 1 fully saturated rings. The number of aldehydes is 1. The fourth-order valence-corrected chi connectivity index (χ4v) is 6.31. The number of ketones is 1. The van der Waals surface area contributed by atoms with Crippen molar-refractivity contribution in [3.8, 4) is 5.75 Å². The van der Waals surface area contributed by atoms with E-state index in [1.807, 2.05) is 13.8 Å². The third-order valence-corrected chi connectivity index (χ3v) is 9.89. The Balaban J connectivity index is 2.30. The van der Waals surface area contributed by atoms with Gasteiger partial charge in [0, 0.05) is 50.9 Å². The van der Waals surface area contributed by atoms with E-state index in [0.29, 0.717) is 30.3 Å². The van der Waals surface area contributed by atoms with E-state index in [2.05, 4.69) is 16.1 Å². The van der Waals surface area contributed by atoms with E-state index < -0.39 is 65.8 Å². The number of likely N-dealkylation sites (N-methyl/N-ethyl adjacent to an activating group) is 2. The van der Waals surface area contributed by atoms with Gasteiger partial charge in [-0.25, -0.2) is 14.9 Å². The summed E-state index contributed by atoms with van der Waals surface area (Å²) in [7, 11) is 4.44. The lowest BCUT2D eigenvalue weighted by atomic mass is 9.92. The van der Waals surface area contributed by atoms with Crippen LogP contribution in [0.15, 0.2) is 78.0 Å². The van der Waals surface area contributed by atoms with Gasteiger partial charge < -0.3 is 35.2 Å². The van der Waals surface area contributed by atoms with E-state index >= 15 is 0 Å². The number of aromatic hydroxyl groups is 1. The number of hydrogen-bond acceptors (Lipinski definition) is 12. The second kappa shape index (κ2) is 26.0. The van der Waals surface area contributed by atoms with Crippen molar-refractivity contribution in [3.05, 3.63) is 89.3 Å². The highest BCUT2D eigenvalue weighted by Crippen LogP contribution is 2.20. The fourth-order valence-electron chi connectivity index (χ4n) is 6.31. The number of ether oxygens (including phenoxy) is 1. The SMILES string of the molecule is CNC(C(=O)NC(Cc1cc(O)cc(F)c1)C(=O)N1CCCC(C(=O)O[C@@H](C/C=C/C=C/C=C(\C)C(O)[C@H](C=O)CCC(C)=O)/C(C)=C/C=C/C(=O)N(C)OC)N1)C(C)C. The van der Waals surface area contributed by atoms with Gasteiger partial charge in [-0.2, -0.15) is 0 Å². The molecule has 1 aliphatic rings. The Morgan fingerprint density at radius 3 is 2.37 bits per heavy atom. The summed E-state index contributed by atoms with van der Waals surface area (Å²) < 4.78 is 20.2. The van der Waals surface area contributed by atoms with Gasteiger partial charge in [0.1, 0.15) is 41.8 Å². The van der Waals surface area contributed by atoms with Crippen molar-refractivity contribution >= 4 is 35.8 Å². The first-order valence-corrected chi connectivity index (χ1v) is 20.0. The summed E-state index contributed by atoms with van der Waals surface area (Å²) in [5, 5.41) is 28.6. The Hall–Kier alpha value is -5.29. The molecule has 0 aromatic heterocycles. The molecule has 1 saturated heterocycles. The van der Waals surface area contributed by atoms with Crippen molar-refractivity contribution in [1.29, 1.82) is 0 Å². The number of halogens is 1. The van der Waals surface area contributed by atoms with Gasteiger partial charge in [-0.15, -0.1) is 0 Å². The Bertz CT molecular complexity index is 1770. The van der Waals surface area contributed by atoms with Crippen LogP contribution in [-0.2, 0) is 44.8 Å². The minimum absolute atomic E-state index is 0.0667. The summed E-state index contributed by atoms with van der Waals surface area (Å²) in [6.07, 6.45) is 13.0. The van der Waals surface area contributed by atoms with Crippen molar-refractivity contribution in [1.82, 2.24) is 26.1 Å². The van der Waals surface area contributed by atoms with Crippen LogP contribution in [0.4, 0.5) is 4.39 Å². The molecule has 0 saturated carbocycles. The number of Topliss-reactive ketones (excluding diaryl/α,β-unsaturated/α-hetero) is 1. The smallest absolute Gasteiger partial charge is 0.325 e. The predicted octanol–water partition coefficient (Wildman–Crippen LogP) is 3.73. The van der Waals surface area contributed by atoms with Crippen LogP contribution < -0.4 is 16.1 Å². The highest BCUT2D eigenvalue weighted by Gasteiger charge is 2.35. The van der Waals surface area contributed by atoms with Crippen LogP contribution in [0.25, 0.3) is 0 Å². The maximum atomic E-state index is 14.2. The van der Waals surface area contributed by atoms with Crippen LogP contribution in [0.1, 0.15) is 72.3 Å². The van der Waals surface area contributed by atoms with Crippen molar-refractivity contribution < 1.29 is 52.9 Å². The molecule has 0 radical (unpaired) electrons. The number of aliphatic hydroxyl groups is 1. The molecule has 60 heavy (non-hydrogen) atoms. The summed E-state index contributed by atoms with van der Waals surface area (Å²) in [5.41, 5.74) is 4.37. The summed E-state index contributed by atoms with van der Waals surface area (Å²) in [5.74, 6) is -4.03. The number of hydrazine groups is 1. The van der Waals surface area contributed by atoms with E-state index in [-0.39, 0.29) is 55.2 Å². The lowest BCUT2D eigenvalue weighted by Crippen LogP contribution is -2.61. The highest BCUT2D eigenvalue weighted by atomic mass is 19.1. The van der Waals surface area contributed by atoms with Crippen LogP contribution in [0, 0.1) is 17.7 Å². The zero-order valence-electron chi connectivity index (χ0n) is 35.9. The van der Waals surface area contributed by atoms with Gasteiger partial charge in [0.25, 0.3) is 11.8 Å². The molecule has 1 heterocycles. The number of hydrogen-bond donors (Lipinski definition) is 5. The minimum Gasteiger partial charge on any atom is -0.508 e. The number of aliphatic hydroxyl groups excluding tert-OH is 1. The molecule has 0 aliphatic carbocycles. The van der Waals surface area contributed by atoms with E-state index in [0.717, 1.165) is 11.1 Å². The largest absolute Gasteiger partial charge is 0.508 e. The minimum atomic E-state index is -1.18. The van der Waals surface area contributed by atoms with Crippen molar-refractivity contribution in [2.75, 3.05) is 27.7 Å². The molecule has 15 nitrogen and oxygen atoms in total. The van der Waals surface area contributed by atoms with Crippen LogP contribution in [0.3, 0.4) is 0 Å². The molecule has 16 heteroatoms. The monoisotopic (exact) mass is 839 g/mol. The Morgan fingerprint density at radius 2 is 1.75 bits per heavy atom. The Labute approximate surface area is 352 Å². The van der Waals surface area contributed by atoms with Crippen molar-refractivity contribution in [2.45, 2.75) is 103 Å². The van der Waals surface area contributed by atoms with Gasteiger partial charge in [0.15, 0.2) is 0 Å². The zero-order chi connectivity index (χ0) is 44.9. The number of benzene rings is 1. The molecule has 5 N–H and O–H groups in total. The molecule has 1 aromatic carbocycles. The number of nitrogens with one attached hydrogen (secondary N) is 3. The standard InChI is InChI=1S/C44H62FN5O10/c1-28(2)40(46-6)42(56)47-37(25-32-23-34(45)26-35(53)24-32)43(57)50-22-14-17-36(48-50)44(58)60-38(29(3)16-13-19-39(54)49(7)59-8)18-12-10-9-11-15-30(4)41(55)33(27-51)21-20-31(5)52/h9-13,15-16,19,23-24,26-28,33,36-38,40-41,46,48,53,55H,14,17-18,20-22,25H2,1-8H3,(H,47,56)/b11-9+,12-10+,19-13+,29-16+,30-15+/t33-,36?,37?,38-,40?,41?/m0/s1. The van der Waals surface area contributed by atoms with Crippen LogP contribution >= 0.6 is 0 Å². The zero-order valence-corrected chi connectivity index (χ0v) is 35.9. The van der Waals surface area contributed by atoms with Gasteiger partial charge in [-0.1, -0.05) is 56.4 Å². The number of rotatable bonds is 23. The number of esters is 1. The number of allylic oxidation sites excluding steroid dienone is 6. The van der Waals surface area contributed by atoms with Crippen LogP contribution in [-0.4, -0.2) is 114 Å². The number of hydroxylamine groups is 2. The third kappa shape index (κ3) is 17.1. The molecule has 6 atom stereocenters. The van der Waals surface area contributed by atoms with Gasteiger partial charge in [-0.3, -0.25) is 29.0 Å². The van der Waals surface area contributed by atoms with Gasteiger partial charge in [-0.05, 0) is 81.8 Å². The third-order valence-electron chi connectivity index (χ3n) is 9.89. The molecule has 2 rings (SSSR count). The first-order valence-electron chi connectivity index (χ1n) is 20.0. The molecule has 3 amide bonds. The molecule has 0 bridgehead atoms.